The Bertz CT molecular complexity index is 1300. The predicted molar refractivity (Wildman–Crippen MR) is 175 cm³/mol. The smallest absolute Gasteiger partial charge is 0.289 e. The molecule has 5 amide bonds. The van der Waals surface area contributed by atoms with Crippen LogP contribution >= 0.6 is 0 Å². The lowest BCUT2D eigenvalue weighted by atomic mass is 9.92. The van der Waals surface area contributed by atoms with Crippen molar-refractivity contribution < 1.29 is 28.8 Å². The maximum Gasteiger partial charge on any atom is 0.289 e. The van der Waals surface area contributed by atoms with Crippen molar-refractivity contribution in [1.82, 2.24) is 46.8 Å². The highest BCUT2D eigenvalue weighted by Crippen LogP contribution is 2.42. The molecule has 6 atom stereocenters. The molecule has 3 fully saturated rings. The Morgan fingerprint density at radius 3 is 2.27 bits per heavy atom. The number of aryl methyl sites for hydroxylation is 1. The molecule has 1 saturated heterocycles. The monoisotopic (exact) mass is 671 g/mol. The van der Waals surface area contributed by atoms with Crippen LogP contribution in [0.5, 0.6) is 0 Å². The van der Waals surface area contributed by atoms with Gasteiger partial charge in [0.2, 0.25) is 29.4 Å². The molecule has 1 aromatic rings. The van der Waals surface area contributed by atoms with Gasteiger partial charge in [-0.05, 0) is 68.6 Å². The van der Waals surface area contributed by atoms with Crippen LogP contribution in [0.3, 0.4) is 0 Å². The fourth-order valence-electron chi connectivity index (χ4n) is 6.90. The minimum Gasteiger partial charge on any atom is -0.347 e. The van der Waals surface area contributed by atoms with Gasteiger partial charge in [-0.1, -0.05) is 52.7 Å². The number of likely N-dealkylation sites (tertiary alicyclic amines) is 1. The summed E-state index contributed by atoms with van der Waals surface area (Å²) in [5, 5.41) is 25.0. The number of Topliss-reactive ketones (excluding diaryl/α,β-unsaturated/α-hetero) is 1. The Morgan fingerprint density at radius 2 is 1.65 bits per heavy atom. The predicted octanol–water partition coefficient (Wildman–Crippen LogP) is 0.954. The minimum absolute atomic E-state index is 0.0158. The number of nitrogens with zero attached hydrogens (tertiary/aromatic N) is 4. The summed E-state index contributed by atoms with van der Waals surface area (Å²) in [6.07, 6.45) is 7.24. The normalized spacial score (nSPS) is 22.1. The van der Waals surface area contributed by atoms with Crippen LogP contribution in [-0.2, 0) is 35.2 Å². The van der Waals surface area contributed by atoms with Gasteiger partial charge >= 0.3 is 0 Å². The number of fused-ring (bicyclic) bond motifs is 1. The first-order valence-corrected chi connectivity index (χ1v) is 17.7. The van der Waals surface area contributed by atoms with Gasteiger partial charge in [-0.25, -0.2) is 0 Å². The molecule has 3 aliphatic rings. The van der Waals surface area contributed by atoms with Crippen molar-refractivity contribution >= 4 is 35.3 Å². The molecule has 266 valence electrons. The summed E-state index contributed by atoms with van der Waals surface area (Å²) in [6, 6.07) is -3.56. The largest absolute Gasteiger partial charge is 0.347 e. The average molecular weight is 672 g/mol. The number of ketones is 1. The number of aromatic amines is 1. The Balaban J connectivity index is 1.41. The molecule has 2 saturated carbocycles. The second-order valence-electron chi connectivity index (χ2n) is 14.3. The van der Waals surface area contributed by atoms with Crippen molar-refractivity contribution in [3.05, 3.63) is 5.82 Å². The van der Waals surface area contributed by atoms with E-state index in [0.29, 0.717) is 44.5 Å². The van der Waals surface area contributed by atoms with Crippen LogP contribution in [0.4, 0.5) is 0 Å². The molecule has 0 radical (unpaired) electrons. The maximum absolute atomic E-state index is 14.2. The number of unbranched alkanes of at least 4 members (excludes halogenated alkanes) is 1. The van der Waals surface area contributed by atoms with Crippen molar-refractivity contribution in [3.63, 3.8) is 0 Å². The van der Waals surface area contributed by atoms with Gasteiger partial charge in [0.05, 0.1) is 6.04 Å². The number of tetrazole rings is 1. The summed E-state index contributed by atoms with van der Waals surface area (Å²) < 4.78 is 0. The SMILES string of the molecule is CCCC(NC(=O)C1[C@H]2CCC[C@H]2CN1C(=O)[C@@H](NC(=O)[C@H](NC(=O)CCCCc1nn[nH]n1)C(C)C)C(C)C)C(=O)C(=O)NC1CC1. The molecule has 2 aliphatic carbocycles. The van der Waals surface area contributed by atoms with E-state index in [2.05, 4.69) is 41.9 Å². The van der Waals surface area contributed by atoms with Gasteiger partial charge in [-0.2, -0.15) is 5.21 Å². The van der Waals surface area contributed by atoms with E-state index < -0.39 is 47.7 Å². The zero-order valence-electron chi connectivity index (χ0n) is 28.9. The van der Waals surface area contributed by atoms with Crippen LogP contribution in [0.15, 0.2) is 0 Å². The summed E-state index contributed by atoms with van der Waals surface area (Å²) in [4.78, 5) is 81.7. The number of hydrogen-bond donors (Lipinski definition) is 5. The third-order valence-electron chi connectivity index (χ3n) is 9.73. The molecule has 2 heterocycles. The topological polar surface area (TPSA) is 208 Å². The van der Waals surface area contributed by atoms with Gasteiger partial charge in [0.1, 0.15) is 18.1 Å². The number of rotatable bonds is 18. The summed E-state index contributed by atoms with van der Waals surface area (Å²) in [7, 11) is 0. The first kappa shape index (κ1) is 36.9. The molecule has 2 unspecified atom stereocenters. The number of aromatic nitrogens is 4. The Hall–Kier alpha value is -3.91. The lowest BCUT2D eigenvalue weighted by Gasteiger charge is -2.34. The Kier molecular flexibility index (Phi) is 13.0. The number of carbonyl (C=O) groups excluding carboxylic acids is 6. The lowest BCUT2D eigenvalue weighted by molar-refractivity contribution is -0.145. The highest BCUT2D eigenvalue weighted by Gasteiger charge is 2.51. The highest BCUT2D eigenvalue weighted by atomic mass is 16.2. The van der Waals surface area contributed by atoms with Gasteiger partial charge in [0, 0.05) is 25.4 Å². The fraction of sp³-hybridized carbons (Fsp3) is 0.788. The number of carbonyl (C=O) groups is 6. The van der Waals surface area contributed by atoms with Crippen molar-refractivity contribution in [3.8, 4) is 0 Å². The van der Waals surface area contributed by atoms with E-state index in [1.165, 1.54) is 0 Å². The van der Waals surface area contributed by atoms with Crippen molar-refractivity contribution in [2.75, 3.05) is 6.54 Å². The molecule has 48 heavy (non-hydrogen) atoms. The summed E-state index contributed by atoms with van der Waals surface area (Å²) in [5.74, 6) is -2.81. The van der Waals surface area contributed by atoms with Crippen LogP contribution in [0, 0.1) is 23.7 Å². The van der Waals surface area contributed by atoms with Gasteiger partial charge < -0.3 is 26.2 Å². The highest BCUT2D eigenvalue weighted by molar-refractivity contribution is 6.38. The molecule has 1 aliphatic heterocycles. The standard InChI is InChI=1S/C33H53N9O6/c1-6-10-23(29(44)32(47)34-21-15-16-21)35-31(46)28-22-12-9-11-20(22)17-42(28)33(48)27(19(4)5)37-30(45)26(18(2)3)36-25(43)14-8-7-13-24-38-40-41-39-24/h18-23,26-28H,6-17H2,1-5H3,(H,34,47)(H,35,46)(H,36,43)(H,37,45)(H,38,39,40,41)/t20-,22-,23?,26+,27-,28?/m0/s1. The van der Waals surface area contributed by atoms with Crippen LogP contribution < -0.4 is 21.3 Å². The summed E-state index contributed by atoms with van der Waals surface area (Å²) in [5.41, 5.74) is 0. The molecule has 4 rings (SSSR count). The van der Waals surface area contributed by atoms with E-state index in [9.17, 15) is 28.8 Å². The Labute approximate surface area is 282 Å². The lowest BCUT2D eigenvalue weighted by Crippen LogP contribution is -2.60. The van der Waals surface area contributed by atoms with E-state index in [4.69, 9.17) is 0 Å². The van der Waals surface area contributed by atoms with Crippen molar-refractivity contribution in [2.24, 2.45) is 23.7 Å². The zero-order chi connectivity index (χ0) is 35.0. The van der Waals surface area contributed by atoms with Crippen LogP contribution in [0.25, 0.3) is 0 Å². The van der Waals surface area contributed by atoms with E-state index in [1.807, 2.05) is 34.6 Å². The van der Waals surface area contributed by atoms with Gasteiger partial charge in [0.25, 0.3) is 5.91 Å². The second kappa shape index (κ2) is 17.0. The van der Waals surface area contributed by atoms with Crippen LogP contribution in [0.1, 0.15) is 105 Å². The van der Waals surface area contributed by atoms with E-state index in [-0.39, 0.29) is 47.9 Å². The van der Waals surface area contributed by atoms with E-state index in [0.717, 1.165) is 32.1 Å². The first-order valence-electron chi connectivity index (χ1n) is 17.7. The number of nitrogens with one attached hydrogen (secondary N) is 5. The van der Waals surface area contributed by atoms with Crippen molar-refractivity contribution in [1.29, 1.82) is 0 Å². The summed E-state index contributed by atoms with van der Waals surface area (Å²) in [6.45, 7) is 9.57. The second-order valence-corrected chi connectivity index (χ2v) is 14.3. The van der Waals surface area contributed by atoms with Crippen LogP contribution in [0.2, 0.25) is 0 Å². The number of hydrogen-bond acceptors (Lipinski definition) is 9. The number of amides is 5. The molecule has 15 nitrogen and oxygen atoms in total. The third kappa shape index (κ3) is 9.59. The van der Waals surface area contributed by atoms with E-state index in [1.54, 1.807) is 4.90 Å². The number of H-pyrrole nitrogens is 1. The maximum atomic E-state index is 14.2. The van der Waals surface area contributed by atoms with Gasteiger partial charge in [0.15, 0.2) is 5.82 Å². The quantitative estimate of drug-likeness (QED) is 0.111. The minimum atomic E-state index is -0.978. The van der Waals surface area contributed by atoms with Crippen molar-refractivity contribution in [2.45, 2.75) is 135 Å². The molecule has 0 spiro atoms. The fourth-order valence-corrected chi connectivity index (χ4v) is 6.90. The molecule has 1 aromatic heterocycles. The molecular weight excluding hydrogens is 618 g/mol. The molecule has 0 bridgehead atoms. The van der Waals surface area contributed by atoms with Gasteiger partial charge in [-0.3, -0.25) is 28.8 Å². The average Bonchev–Trinajstić information content (AvgIpc) is 3.38. The molecule has 5 N–H and O–H groups in total. The van der Waals surface area contributed by atoms with Crippen LogP contribution in [-0.4, -0.2) is 97.6 Å². The third-order valence-corrected chi connectivity index (χ3v) is 9.73. The molecular formula is C33H53N9O6. The summed E-state index contributed by atoms with van der Waals surface area (Å²) >= 11 is 0. The molecule has 0 aromatic carbocycles. The Morgan fingerprint density at radius 1 is 0.917 bits per heavy atom. The zero-order valence-corrected chi connectivity index (χ0v) is 28.9. The first-order chi connectivity index (χ1) is 22.9. The van der Waals surface area contributed by atoms with E-state index >= 15 is 0 Å². The molecule has 15 heteroatoms. The van der Waals surface area contributed by atoms with Gasteiger partial charge in [-0.15, -0.1) is 10.2 Å².